The van der Waals surface area contributed by atoms with Crippen molar-refractivity contribution in [2.75, 3.05) is 26.4 Å². The zero-order valence-corrected chi connectivity index (χ0v) is 10.4. The molecule has 1 saturated heterocycles. The van der Waals surface area contributed by atoms with Crippen LogP contribution in [0.15, 0.2) is 24.4 Å². The molecule has 2 heterocycles. The van der Waals surface area contributed by atoms with Gasteiger partial charge < -0.3 is 14.7 Å². The number of hydrogen-bond acceptors (Lipinski definition) is 4. The Morgan fingerprint density at radius 3 is 3.32 bits per heavy atom. The lowest BCUT2D eigenvalue weighted by Crippen LogP contribution is -2.50. The fourth-order valence-electron chi connectivity index (χ4n) is 2.31. The third kappa shape index (κ3) is 2.20. The zero-order chi connectivity index (χ0) is 13.2. The van der Waals surface area contributed by atoms with Gasteiger partial charge in [-0.25, -0.2) is 0 Å². The van der Waals surface area contributed by atoms with Crippen LogP contribution in [0.3, 0.4) is 0 Å². The lowest BCUT2D eigenvalue weighted by molar-refractivity contribution is -0.0183. The Hall–Kier alpha value is -1.92. The lowest BCUT2D eigenvalue weighted by atomic mass is 10.1. The van der Waals surface area contributed by atoms with Crippen LogP contribution in [0.2, 0.25) is 0 Å². The third-order valence-corrected chi connectivity index (χ3v) is 3.39. The normalized spacial score (nSPS) is 19.8. The number of carbonyl (C=O) groups excluding carboxylic acids is 1. The van der Waals surface area contributed by atoms with Gasteiger partial charge in [0, 0.05) is 17.5 Å². The highest BCUT2D eigenvalue weighted by atomic mass is 16.5. The van der Waals surface area contributed by atoms with E-state index in [1.165, 1.54) is 0 Å². The number of amides is 1. The van der Waals surface area contributed by atoms with Gasteiger partial charge in [0.05, 0.1) is 37.6 Å². The average Bonchev–Trinajstić information content (AvgIpc) is 2.93. The molecule has 19 heavy (non-hydrogen) atoms. The molecule has 0 bridgehead atoms. The number of aliphatic hydroxyl groups is 1. The first-order valence-corrected chi connectivity index (χ1v) is 6.22. The van der Waals surface area contributed by atoms with Crippen molar-refractivity contribution in [2.45, 2.75) is 6.04 Å². The first-order chi connectivity index (χ1) is 9.29. The highest BCUT2D eigenvalue weighted by Gasteiger charge is 2.27. The smallest absolute Gasteiger partial charge is 0.254 e. The molecule has 2 aromatic rings. The number of aliphatic hydroxyl groups excluding tert-OH is 1. The summed E-state index contributed by atoms with van der Waals surface area (Å²) in [5.41, 5.74) is 1.43. The number of rotatable bonds is 2. The molecule has 1 aliphatic rings. The summed E-state index contributed by atoms with van der Waals surface area (Å²) < 4.78 is 5.28. The molecule has 3 rings (SSSR count). The number of hydrogen-bond donors (Lipinski definition) is 2. The van der Waals surface area contributed by atoms with Crippen molar-refractivity contribution in [3.63, 3.8) is 0 Å². The number of morpholine rings is 1. The molecular weight excluding hydrogens is 246 g/mol. The standard InChI is InChI=1S/C13H15N3O3/c17-7-11-8-19-4-3-16(11)13(18)9-1-2-10-6-14-15-12(10)5-9/h1-2,5-6,11,17H,3-4,7-8H2,(H,14,15). The van der Waals surface area contributed by atoms with Crippen LogP contribution < -0.4 is 0 Å². The highest BCUT2D eigenvalue weighted by Crippen LogP contribution is 2.17. The van der Waals surface area contributed by atoms with Crippen molar-refractivity contribution in [1.29, 1.82) is 0 Å². The maximum atomic E-state index is 12.5. The Morgan fingerprint density at radius 1 is 1.58 bits per heavy atom. The Kier molecular flexibility index (Phi) is 3.18. The molecule has 6 heteroatoms. The van der Waals surface area contributed by atoms with Crippen LogP contribution >= 0.6 is 0 Å². The van der Waals surface area contributed by atoms with Crippen LogP contribution in [0.25, 0.3) is 10.9 Å². The van der Waals surface area contributed by atoms with Crippen molar-refractivity contribution in [3.05, 3.63) is 30.0 Å². The van der Waals surface area contributed by atoms with Crippen LogP contribution in [0.4, 0.5) is 0 Å². The SMILES string of the molecule is O=C(c1ccc2cn[nH]c2c1)N1CCOCC1CO. The van der Waals surface area contributed by atoms with Gasteiger partial charge >= 0.3 is 0 Å². The molecule has 0 radical (unpaired) electrons. The molecule has 0 spiro atoms. The molecule has 2 N–H and O–H groups in total. The van der Waals surface area contributed by atoms with Crippen molar-refractivity contribution in [2.24, 2.45) is 0 Å². The number of fused-ring (bicyclic) bond motifs is 1. The Labute approximate surface area is 110 Å². The van der Waals surface area contributed by atoms with Crippen molar-refractivity contribution in [1.82, 2.24) is 15.1 Å². The molecule has 1 aromatic heterocycles. The molecule has 0 saturated carbocycles. The lowest BCUT2D eigenvalue weighted by Gasteiger charge is -2.34. The molecule has 1 fully saturated rings. The molecule has 1 unspecified atom stereocenters. The third-order valence-electron chi connectivity index (χ3n) is 3.39. The summed E-state index contributed by atoms with van der Waals surface area (Å²) >= 11 is 0. The molecule has 6 nitrogen and oxygen atoms in total. The summed E-state index contributed by atoms with van der Waals surface area (Å²) in [5, 5.41) is 17.1. The van der Waals surface area contributed by atoms with E-state index in [4.69, 9.17) is 4.74 Å². The predicted octanol–water partition coefficient (Wildman–Crippen LogP) is 0.396. The largest absolute Gasteiger partial charge is 0.394 e. The fourth-order valence-corrected chi connectivity index (χ4v) is 2.31. The summed E-state index contributed by atoms with van der Waals surface area (Å²) in [6.45, 7) is 1.31. The van der Waals surface area contributed by atoms with Crippen molar-refractivity contribution < 1.29 is 14.6 Å². The number of ether oxygens (including phenoxy) is 1. The van der Waals surface area contributed by atoms with Gasteiger partial charge in [-0.1, -0.05) is 6.07 Å². The molecular formula is C13H15N3O3. The monoisotopic (exact) mass is 261 g/mol. The summed E-state index contributed by atoms with van der Waals surface area (Å²) in [7, 11) is 0. The number of aromatic amines is 1. The number of aromatic nitrogens is 2. The molecule has 1 atom stereocenters. The quantitative estimate of drug-likeness (QED) is 0.820. The first-order valence-electron chi connectivity index (χ1n) is 6.22. The first kappa shape index (κ1) is 12.1. The molecule has 1 aromatic carbocycles. The molecule has 100 valence electrons. The van der Waals surface area contributed by atoms with Gasteiger partial charge in [0.1, 0.15) is 0 Å². The van der Waals surface area contributed by atoms with Gasteiger partial charge in [-0.15, -0.1) is 0 Å². The summed E-state index contributed by atoms with van der Waals surface area (Å²) in [6.07, 6.45) is 1.72. The maximum Gasteiger partial charge on any atom is 0.254 e. The molecule has 1 amide bonds. The zero-order valence-electron chi connectivity index (χ0n) is 10.4. The molecule has 0 aliphatic carbocycles. The van der Waals surface area contributed by atoms with Crippen LogP contribution in [-0.4, -0.2) is 58.5 Å². The Bertz CT molecular complexity index is 596. The summed E-state index contributed by atoms with van der Waals surface area (Å²) in [6, 6.07) is 5.16. The van der Waals surface area contributed by atoms with Gasteiger partial charge in [-0.2, -0.15) is 5.10 Å². The molecule has 1 aliphatic heterocycles. The van der Waals surface area contributed by atoms with Gasteiger partial charge in [0.15, 0.2) is 0 Å². The predicted molar refractivity (Wildman–Crippen MR) is 68.8 cm³/mol. The summed E-state index contributed by atoms with van der Waals surface area (Å²) in [5.74, 6) is -0.0844. The second-order valence-electron chi connectivity index (χ2n) is 4.58. The Morgan fingerprint density at radius 2 is 2.47 bits per heavy atom. The van der Waals surface area contributed by atoms with Crippen molar-refractivity contribution >= 4 is 16.8 Å². The van der Waals surface area contributed by atoms with E-state index in [0.717, 1.165) is 10.9 Å². The van der Waals surface area contributed by atoms with E-state index in [1.54, 1.807) is 23.2 Å². The van der Waals surface area contributed by atoms with E-state index >= 15 is 0 Å². The van der Waals surface area contributed by atoms with E-state index in [9.17, 15) is 9.90 Å². The van der Waals surface area contributed by atoms with Crippen molar-refractivity contribution in [3.8, 4) is 0 Å². The van der Waals surface area contributed by atoms with Crippen LogP contribution in [0.1, 0.15) is 10.4 Å². The van der Waals surface area contributed by atoms with E-state index in [-0.39, 0.29) is 18.6 Å². The van der Waals surface area contributed by atoms with Gasteiger partial charge in [0.2, 0.25) is 0 Å². The second-order valence-corrected chi connectivity index (χ2v) is 4.58. The minimum Gasteiger partial charge on any atom is -0.394 e. The Balaban J connectivity index is 1.89. The van der Waals surface area contributed by atoms with E-state index in [0.29, 0.717) is 25.3 Å². The minimum atomic E-state index is -0.265. The number of carbonyl (C=O) groups is 1. The number of benzene rings is 1. The van der Waals surface area contributed by atoms with Crippen LogP contribution in [0.5, 0.6) is 0 Å². The topological polar surface area (TPSA) is 78.5 Å². The number of nitrogens with one attached hydrogen (secondary N) is 1. The second kappa shape index (κ2) is 4.99. The van der Waals surface area contributed by atoms with Crippen LogP contribution in [0, 0.1) is 0 Å². The highest BCUT2D eigenvalue weighted by molar-refractivity contribution is 5.98. The fraction of sp³-hybridized carbons (Fsp3) is 0.385. The van der Waals surface area contributed by atoms with Crippen LogP contribution in [-0.2, 0) is 4.74 Å². The minimum absolute atomic E-state index is 0.0844. The number of H-pyrrole nitrogens is 1. The van der Waals surface area contributed by atoms with Gasteiger partial charge in [-0.3, -0.25) is 9.89 Å². The van der Waals surface area contributed by atoms with E-state index in [1.807, 2.05) is 6.07 Å². The number of nitrogens with zero attached hydrogens (tertiary/aromatic N) is 2. The summed E-state index contributed by atoms with van der Waals surface area (Å²) in [4.78, 5) is 14.1. The van der Waals surface area contributed by atoms with Gasteiger partial charge in [-0.05, 0) is 12.1 Å². The maximum absolute atomic E-state index is 12.5. The van der Waals surface area contributed by atoms with E-state index in [2.05, 4.69) is 10.2 Å². The van der Waals surface area contributed by atoms with Gasteiger partial charge in [0.25, 0.3) is 5.91 Å². The average molecular weight is 261 g/mol. The van der Waals surface area contributed by atoms with E-state index < -0.39 is 0 Å².